The summed E-state index contributed by atoms with van der Waals surface area (Å²) < 4.78 is 43.1. The number of aromatic nitrogens is 4. The van der Waals surface area contributed by atoms with E-state index in [1.165, 1.54) is 12.1 Å². The van der Waals surface area contributed by atoms with E-state index in [1.807, 2.05) is 16.8 Å². The van der Waals surface area contributed by atoms with Gasteiger partial charge in [-0.2, -0.15) is 0 Å². The smallest absolute Gasteiger partial charge is 0.406 e. The molecule has 144 valence electrons. The van der Waals surface area contributed by atoms with Crippen LogP contribution in [0.1, 0.15) is 11.1 Å². The second-order valence-corrected chi connectivity index (χ2v) is 6.69. The maximum absolute atomic E-state index is 12.4. The van der Waals surface area contributed by atoms with Gasteiger partial charge in [0.25, 0.3) is 0 Å². The van der Waals surface area contributed by atoms with Crippen molar-refractivity contribution in [2.75, 3.05) is 0 Å². The summed E-state index contributed by atoms with van der Waals surface area (Å²) in [6.07, 6.45) is 2.24. The highest BCUT2D eigenvalue weighted by Gasteiger charge is 2.31. The van der Waals surface area contributed by atoms with Gasteiger partial charge in [0.05, 0.1) is 30.2 Å². The van der Waals surface area contributed by atoms with Gasteiger partial charge in [-0.3, -0.25) is 0 Å². The zero-order chi connectivity index (χ0) is 19.7. The normalized spacial score (nSPS) is 11.9. The Bertz CT molecular complexity index is 1090. The highest BCUT2D eigenvalue weighted by Crippen LogP contribution is 2.34. The van der Waals surface area contributed by atoms with E-state index in [0.29, 0.717) is 11.9 Å². The predicted octanol–water partition coefficient (Wildman–Crippen LogP) is 5.27. The minimum absolute atomic E-state index is 0.255. The van der Waals surface area contributed by atoms with Crippen molar-refractivity contribution in [2.24, 2.45) is 0 Å². The maximum Gasteiger partial charge on any atom is 0.573 e. The number of imidazole rings is 2. The molecule has 0 unspecified atom stereocenters. The van der Waals surface area contributed by atoms with Crippen LogP contribution < -0.4 is 4.74 Å². The van der Waals surface area contributed by atoms with Crippen molar-refractivity contribution in [1.82, 2.24) is 19.5 Å². The van der Waals surface area contributed by atoms with E-state index in [2.05, 4.69) is 35.6 Å². The van der Waals surface area contributed by atoms with E-state index in [1.54, 1.807) is 31.0 Å². The quantitative estimate of drug-likeness (QED) is 0.421. The SMILES string of the molecule is FC(F)(F)Oc1ccc(-c2cc(CBr)c(Cn3ccnc3)c3nc[nH]c23)cc1. The summed E-state index contributed by atoms with van der Waals surface area (Å²) in [6, 6.07) is 7.83. The molecule has 5 nitrogen and oxygen atoms in total. The lowest BCUT2D eigenvalue weighted by molar-refractivity contribution is -0.274. The van der Waals surface area contributed by atoms with E-state index in [-0.39, 0.29) is 5.75 Å². The second kappa shape index (κ2) is 7.31. The third-order valence-corrected chi connectivity index (χ3v) is 4.95. The standard InChI is InChI=1S/C19H14BrF3N4O/c20-8-13-7-15(12-1-3-14(4-2-12)28-19(21,22)23)17-18(26-10-25-17)16(13)9-27-6-5-24-11-27/h1-7,10-11H,8-9H2,(H,25,26). The lowest BCUT2D eigenvalue weighted by Crippen LogP contribution is -2.16. The van der Waals surface area contributed by atoms with Gasteiger partial charge in [-0.1, -0.05) is 28.1 Å². The van der Waals surface area contributed by atoms with Crippen LogP contribution in [0.5, 0.6) is 5.75 Å². The first kappa shape index (κ1) is 18.5. The number of nitrogens with one attached hydrogen (secondary N) is 1. The van der Waals surface area contributed by atoms with Gasteiger partial charge in [-0.15, -0.1) is 13.2 Å². The van der Waals surface area contributed by atoms with Crippen LogP contribution in [-0.2, 0) is 11.9 Å². The molecule has 0 bridgehead atoms. The average Bonchev–Trinajstić information content (AvgIpc) is 3.33. The van der Waals surface area contributed by atoms with Crippen molar-refractivity contribution < 1.29 is 17.9 Å². The first-order chi connectivity index (χ1) is 13.4. The Hall–Kier alpha value is -2.81. The zero-order valence-corrected chi connectivity index (χ0v) is 16.0. The topological polar surface area (TPSA) is 55.7 Å². The van der Waals surface area contributed by atoms with E-state index in [9.17, 15) is 13.2 Å². The molecule has 0 aliphatic rings. The van der Waals surface area contributed by atoms with Gasteiger partial charge in [0.1, 0.15) is 5.75 Å². The molecule has 0 amide bonds. The van der Waals surface area contributed by atoms with Gasteiger partial charge < -0.3 is 14.3 Å². The number of H-pyrrole nitrogens is 1. The number of ether oxygens (including phenoxy) is 1. The van der Waals surface area contributed by atoms with Crippen molar-refractivity contribution in [3.05, 3.63) is 66.5 Å². The summed E-state index contributed by atoms with van der Waals surface area (Å²) >= 11 is 3.53. The highest BCUT2D eigenvalue weighted by atomic mass is 79.9. The fourth-order valence-corrected chi connectivity index (χ4v) is 3.64. The summed E-state index contributed by atoms with van der Waals surface area (Å²) in [4.78, 5) is 11.7. The summed E-state index contributed by atoms with van der Waals surface area (Å²) in [6.45, 7) is 0.612. The largest absolute Gasteiger partial charge is 0.573 e. The molecule has 1 N–H and O–H groups in total. The molecule has 0 spiro atoms. The molecule has 0 atom stereocenters. The molecule has 2 heterocycles. The van der Waals surface area contributed by atoms with Gasteiger partial charge in [-0.05, 0) is 29.3 Å². The van der Waals surface area contributed by atoms with Crippen LogP contribution in [0.15, 0.2) is 55.4 Å². The number of nitrogens with zero attached hydrogens (tertiary/aromatic N) is 3. The van der Waals surface area contributed by atoms with Gasteiger partial charge in [0, 0.05) is 28.9 Å². The van der Waals surface area contributed by atoms with Crippen LogP contribution >= 0.6 is 15.9 Å². The molecule has 0 aliphatic heterocycles. The van der Waals surface area contributed by atoms with Crippen LogP contribution in [0, 0.1) is 0 Å². The molecule has 2 aromatic carbocycles. The first-order valence-electron chi connectivity index (χ1n) is 8.30. The average molecular weight is 451 g/mol. The number of aromatic amines is 1. The Kier molecular flexibility index (Phi) is 4.84. The van der Waals surface area contributed by atoms with Crippen molar-refractivity contribution in [3.63, 3.8) is 0 Å². The second-order valence-electron chi connectivity index (χ2n) is 6.13. The fraction of sp³-hybridized carbons (Fsp3) is 0.158. The first-order valence-corrected chi connectivity index (χ1v) is 9.42. The molecule has 0 fully saturated rings. The van der Waals surface area contributed by atoms with Crippen LogP contribution in [0.2, 0.25) is 0 Å². The molecule has 0 aliphatic carbocycles. The predicted molar refractivity (Wildman–Crippen MR) is 102 cm³/mol. The van der Waals surface area contributed by atoms with Gasteiger partial charge in [0.2, 0.25) is 0 Å². The van der Waals surface area contributed by atoms with Crippen molar-refractivity contribution >= 4 is 27.0 Å². The van der Waals surface area contributed by atoms with Gasteiger partial charge in [-0.25, -0.2) is 9.97 Å². The van der Waals surface area contributed by atoms with Crippen molar-refractivity contribution in [3.8, 4) is 16.9 Å². The van der Waals surface area contributed by atoms with Crippen LogP contribution in [0.4, 0.5) is 13.2 Å². The monoisotopic (exact) mass is 450 g/mol. The molecule has 0 saturated carbocycles. The molecule has 28 heavy (non-hydrogen) atoms. The van der Waals surface area contributed by atoms with Gasteiger partial charge in [0.15, 0.2) is 0 Å². The minimum atomic E-state index is -4.71. The van der Waals surface area contributed by atoms with Gasteiger partial charge >= 0.3 is 6.36 Å². The van der Waals surface area contributed by atoms with Crippen LogP contribution in [0.3, 0.4) is 0 Å². The van der Waals surface area contributed by atoms with E-state index in [0.717, 1.165) is 33.3 Å². The maximum atomic E-state index is 12.4. The molecule has 2 aromatic heterocycles. The number of rotatable bonds is 5. The van der Waals surface area contributed by atoms with Crippen molar-refractivity contribution in [1.29, 1.82) is 0 Å². The Morgan fingerprint density at radius 3 is 2.61 bits per heavy atom. The molecule has 0 saturated heterocycles. The number of hydrogen-bond donors (Lipinski definition) is 1. The number of halogens is 4. The number of hydrogen-bond acceptors (Lipinski definition) is 3. The third kappa shape index (κ3) is 3.75. The Morgan fingerprint density at radius 1 is 1.18 bits per heavy atom. The minimum Gasteiger partial charge on any atom is -0.406 e. The van der Waals surface area contributed by atoms with E-state index in [4.69, 9.17) is 0 Å². The Morgan fingerprint density at radius 2 is 1.96 bits per heavy atom. The number of fused-ring (bicyclic) bond motifs is 1. The number of benzene rings is 2. The summed E-state index contributed by atoms with van der Waals surface area (Å²) in [5, 5.41) is 0.613. The van der Waals surface area contributed by atoms with E-state index >= 15 is 0 Å². The Balaban J connectivity index is 1.77. The van der Waals surface area contributed by atoms with E-state index < -0.39 is 6.36 Å². The molecule has 4 rings (SSSR count). The van der Waals surface area contributed by atoms with Crippen LogP contribution in [-0.4, -0.2) is 25.9 Å². The third-order valence-electron chi connectivity index (χ3n) is 4.34. The van der Waals surface area contributed by atoms with Crippen molar-refractivity contribution in [2.45, 2.75) is 18.2 Å². The summed E-state index contributed by atoms with van der Waals surface area (Å²) in [5.74, 6) is -0.255. The lowest BCUT2D eigenvalue weighted by atomic mass is 9.97. The fourth-order valence-electron chi connectivity index (χ4n) is 3.14. The summed E-state index contributed by atoms with van der Waals surface area (Å²) in [5.41, 5.74) is 5.35. The molecule has 9 heteroatoms. The molecular weight excluding hydrogens is 437 g/mol. The number of alkyl halides is 4. The zero-order valence-electron chi connectivity index (χ0n) is 14.4. The molecule has 4 aromatic rings. The highest BCUT2D eigenvalue weighted by molar-refractivity contribution is 9.08. The molecule has 0 radical (unpaired) electrons. The van der Waals surface area contributed by atoms with Crippen LogP contribution in [0.25, 0.3) is 22.2 Å². The summed E-state index contributed by atoms with van der Waals surface area (Å²) in [7, 11) is 0. The molecular formula is C19H14BrF3N4O. The Labute approximate surface area is 166 Å². The lowest BCUT2D eigenvalue weighted by Gasteiger charge is -2.14.